The van der Waals surface area contributed by atoms with Crippen molar-refractivity contribution in [2.24, 2.45) is 23.2 Å². The van der Waals surface area contributed by atoms with Crippen LogP contribution in [0.25, 0.3) is 0 Å². The second-order valence-corrected chi connectivity index (χ2v) is 12.0. The lowest BCUT2D eigenvalue weighted by Gasteiger charge is -2.33. The van der Waals surface area contributed by atoms with Crippen LogP contribution in [0.15, 0.2) is 48.5 Å². The van der Waals surface area contributed by atoms with Gasteiger partial charge < -0.3 is 29.8 Å². The summed E-state index contributed by atoms with van der Waals surface area (Å²) in [6.45, 7) is 5.02. The van der Waals surface area contributed by atoms with E-state index in [-0.39, 0.29) is 35.5 Å². The van der Waals surface area contributed by atoms with Gasteiger partial charge in [-0.05, 0) is 78.6 Å². The van der Waals surface area contributed by atoms with Gasteiger partial charge in [-0.1, -0.05) is 37.0 Å². The van der Waals surface area contributed by atoms with Crippen LogP contribution in [0.1, 0.15) is 26.7 Å². The van der Waals surface area contributed by atoms with Crippen LogP contribution in [0.5, 0.6) is 11.5 Å². The predicted octanol–water partition coefficient (Wildman–Crippen LogP) is 3.47. The molecule has 2 aromatic rings. The summed E-state index contributed by atoms with van der Waals surface area (Å²) in [5.41, 5.74) is -0.148. The number of hydrogen-bond donors (Lipinski definition) is 2. The Hall–Kier alpha value is -3.30. The molecule has 2 aromatic carbocycles. The molecule has 5 atom stereocenters. The smallest absolute Gasteiger partial charge is 0.321 e. The topological polar surface area (TPSA) is 114 Å². The van der Waals surface area contributed by atoms with E-state index in [1.54, 1.807) is 48.5 Å². The van der Waals surface area contributed by atoms with E-state index < -0.39 is 30.2 Å². The molecule has 2 heterocycles. The van der Waals surface area contributed by atoms with Crippen molar-refractivity contribution in [3.8, 4) is 11.5 Å². The number of fused-ring (bicyclic) bond motifs is 1. The zero-order chi connectivity index (χ0) is 28.6. The maximum absolute atomic E-state index is 14.0. The quantitative estimate of drug-likeness (QED) is 0.325. The van der Waals surface area contributed by atoms with Crippen LogP contribution in [0.2, 0.25) is 10.0 Å². The van der Waals surface area contributed by atoms with Gasteiger partial charge in [0, 0.05) is 29.1 Å². The number of likely N-dealkylation sites (tertiary alicyclic amines) is 1. The van der Waals surface area contributed by atoms with Gasteiger partial charge in [-0.3, -0.25) is 14.4 Å². The minimum Gasteiger partial charge on any atom is -0.446 e. The normalized spacial score (nSPS) is 25.1. The first-order valence-corrected chi connectivity index (χ1v) is 14.0. The molecule has 5 rings (SSSR count). The highest BCUT2D eigenvalue weighted by Crippen LogP contribution is 2.65. The molecule has 2 saturated heterocycles. The third-order valence-electron chi connectivity index (χ3n) is 8.27. The number of hydrogen-bond acceptors (Lipinski definition) is 6. The van der Waals surface area contributed by atoms with E-state index in [0.717, 1.165) is 0 Å². The maximum atomic E-state index is 14.0. The molecular formula is C29H31Cl2N3O6. The molecule has 1 unspecified atom stereocenters. The number of benzene rings is 2. The van der Waals surface area contributed by atoms with Gasteiger partial charge in [0.15, 0.2) is 0 Å². The standard InChI is InChI=1S/C29H31Cl2N3O6/c1-29(2)22-14-34(24(23(22)29)26(37)33-19(15-35)13-16-11-12-32-25(16)36)27(38)28(39-20-7-3-17(30)4-8-20)40-21-9-5-18(31)6-10-21/h3-10,15-16,19,22-24,28H,11-14H2,1-2H3,(H,32,36)(H,33,37)/t16-,19?,22-,23-,24-/m0/s1. The van der Waals surface area contributed by atoms with Gasteiger partial charge in [0.05, 0.1) is 6.04 Å². The van der Waals surface area contributed by atoms with Crippen LogP contribution in [-0.2, 0) is 19.2 Å². The van der Waals surface area contributed by atoms with Crippen molar-refractivity contribution in [1.82, 2.24) is 15.5 Å². The zero-order valence-electron chi connectivity index (χ0n) is 22.1. The van der Waals surface area contributed by atoms with E-state index in [9.17, 15) is 19.2 Å². The fourth-order valence-electron chi connectivity index (χ4n) is 5.94. The number of piperidine rings is 1. The molecule has 40 heavy (non-hydrogen) atoms. The number of nitrogens with zero attached hydrogens (tertiary/aromatic N) is 1. The second-order valence-electron chi connectivity index (χ2n) is 11.1. The largest absolute Gasteiger partial charge is 0.446 e. The highest BCUT2D eigenvalue weighted by Gasteiger charge is 2.70. The summed E-state index contributed by atoms with van der Waals surface area (Å²) < 4.78 is 11.9. The van der Waals surface area contributed by atoms with Crippen molar-refractivity contribution in [2.45, 2.75) is 45.1 Å². The summed E-state index contributed by atoms with van der Waals surface area (Å²) in [6.07, 6.45) is 0.0656. The molecule has 1 saturated carbocycles. The number of ether oxygens (including phenoxy) is 2. The van der Waals surface area contributed by atoms with Gasteiger partial charge in [0.1, 0.15) is 23.8 Å². The van der Waals surface area contributed by atoms with Crippen molar-refractivity contribution in [1.29, 1.82) is 0 Å². The SMILES string of the molecule is CC1(C)[C@@H]2[C@@H](C(=O)NC(C=O)C[C@@H]3CCNC3=O)N(C(=O)C(Oc3ccc(Cl)cc3)Oc3ccc(Cl)cc3)C[C@@H]21. The third kappa shape index (κ3) is 5.76. The summed E-state index contributed by atoms with van der Waals surface area (Å²) in [4.78, 5) is 53.0. The summed E-state index contributed by atoms with van der Waals surface area (Å²) in [6, 6.07) is 11.4. The Morgan fingerprint density at radius 2 is 1.65 bits per heavy atom. The van der Waals surface area contributed by atoms with E-state index in [4.69, 9.17) is 32.7 Å². The number of halogens is 2. The van der Waals surface area contributed by atoms with E-state index in [1.165, 1.54) is 4.90 Å². The number of nitrogens with one attached hydrogen (secondary N) is 2. The fourth-order valence-corrected chi connectivity index (χ4v) is 6.19. The first kappa shape index (κ1) is 28.2. The Balaban J connectivity index is 1.37. The molecule has 0 aromatic heterocycles. The van der Waals surface area contributed by atoms with Gasteiger partial charge in [0.2, 0.25) is 11.8 Å². The molecule has 0 spiro atoms. The summed E-state index contributed by atoms with van der Waals surface area (Å²) in [5.74, 6) is -0.684. The molecule has 3 fully saturated rings. The first-order chi connectivity index (χ1) is 19.1. The fraction of sp³-hybridized carbons (Fsp3) is 0.448. The van der Waals surface area contributed by atoms with Crippen LogP contribution >= 0.6 is 23.2 Å². The molecule has 2 aliphatic heterocycles. The van der Waals surface area contributed by atoms with Gasteiger partial charge in [0.25, 0.3) is 0 Å². The molecule has 11 heteroatoms. The number of carbonyl (C=O) groups is 4. The van der Waals surface area contributed by atoms with E-state index >= 15 is 0 Å². The first-order valence-electron chi connectivity index (χ1n) is 13.3. The molecule has 2 N–H and O–H groups in total. The van der Waals surface area contributed by atoms with Crippen molar-refractivity contribution >= 4 is 47.2 Å². The number of rotatable bonds is 10. The van der Waals surface area contributed by atoms with Crippen molar-refractivity contribution in [3.63, 3.8) is 0 Å². The molecule has 9 nitrogen and oxygen atoms in total. The van der Waals surface area contributed by atoms with Crippen LogP contribution in [-0.4, -0.2) is 60.4 Å². The van der Waals surface area contributed by atoms with Crippen LogP contribution < -0.4 is 20.1 Å². The van der Waals surface area contributed by atoms with Gasteiger partial charge in [-0.2, -0.15) is 0 Å². The van der Waals surface area contributed by atoms with Gasteiger partial charge in [-0.15, -0.1) is 0 Å². The summed E-state index contributed by atoms with van der Waals surface area (Å²) >= 11 is 12.0. The molecule has 1 aliphatic carbocycles. The highest BCUT2D eigenvalue weighted by molar-refractivity contribution is 6.30. The van der Waals surface area contributed by atoms with Crippen LogP contribution in [0, 0.1) is 23.2 Å². The minimum absolute atomic E-state index is 0.0924. The lowest BCUT2D eigenvalue weighted by molar-refractivity contribution is -0.157. The lowest BCUT2D eigenvalue weighted by atomic mass is 9.97. The Morgan fingerprint density at radius 3 is 2.15 bits per heavy atom. The number of carbonyl (C=O) groups excluding carboxylic acids is 4. The number of aldehydes is 1. The Morgan fingerprint density at radius 1 is 1.07 bits per heavy atom. The van der Waals surface area contributed by atoms with Crippen molar-refractivity contribution in [2.75, 3.05) is 13.1 Å². The van der Waals surface area contributed by atoms with Crippen molar-refractivity contribution < 1.29 is 28.7 Å². The molecule has 0 bridgehead atoms. The Labute approximate surface area is 242 Å². The number of amides is 3. The molecule has 212 valence electrons. The van der Waals surface area contributed by atoms with Gasteiger partial charge >= 0.3 is 12.2 Å². The van der Waals surface area contributed by atoms with Crippen molar-refractivity contribution in [3.05, 3.63) is 58.6 Å². The van der Waals surface area contributed by atoms with Gasteiger partial charge in [-0.25, -0.2) is 0 Å². The average molecular weight is 588 g/mol. The molecule has 0 radical (unpaired) electrons. The predicted molar refractivity (Wildman–Crippen MR) is 148 cm³/mol. The maximum Gasteiger partial charge on any atom is 0.321 e. The Bertz CT molecular complexity index is 1240. The third-order valence-corrected chi connectivity index (χ3v) is 8.77. The highest BCUT2D eigenvalue weighted by atomic mass is 35.5. The average Bonchev–Trinajstić information content (AvgIpc) is 3.27. The van der Waals surface area contributed by atoms with E-state index in [1.807, 2.05) is 0 Å². The minimum atomic E-state index is -1.40. The van der Waals surface area contributed by atoms with E-state index in [2.05, 4.69) is 24.5 Å². The molecular weight excluding hydrogens is 557 g/mol. The van der Waals surface area contributed by atoms with Crippen LogP contribution in [0.3, 0.4) is 0 Å². The Kier molecular flexibility index (Phi) is 7.97. The van der Waals surface area contributed by atoms with E-state index in [0.29, 0.717) is 47.3 Å². The lowest BCUT2D eigenvalue weighted by Crippen LogP contribution is -2.56. The second kappa shape index (κ2) is 11.3. The summed E-state index contributed by atoms with van der Waals surface area (Å²) in [7, 11) is 0. The molecule has 3 aliphatic rings. The molecule has 3 amide bonds. The van der Waals surface area contributed by atoms with Crippen LogP contribution in [0.4, 0.5) is 0 Å². The zero-order valence-corrected chi connectivity index (χ0v) is 23.7. The summed E-state index contributed by atoms with van der Waals surface area (Å²) in [5, 5.41) is 6.56. The monoisotopic (exact) mass is 587 g/mol.